The summed E-state index contributed by atoms with van der Waals surface area (Å²) < 4.78 is 34.3. The molecule has 0 aliphatic carbocycles. The Kier molecular flexibility index (Phi) is 6.82. The zero-order chi connectivity index (χ0) is 20.4. The van der Waals surface area contributed by atoms with Gasteiger partial charge in [0, 0.05) is 25.8 Å². The minimum atomic E-state index is -3.79. The molecule has 1 aliphatic heterocycles. The van der Waals surface area contributed by atoms with Gasteiger partial charge in [-0.2, -0.15) is 4.31 Å². The van der Waals surface area contributed by atoms with Crippen molar-refractivity contribution < 1.29 is 13.2 Å². The minimum absolute atomic E-state index is 0. The van der Waals surface area contributed by atoms with Crippen molar-refractivity contribution in [3.63, 3.8) is 0 Å². The highest BCUT2D eigenvalue weighted by Crippen LogP contribution is 2.34. The summed E-state index contributed by atoms with van der Waals surface area (Å²) in [6.07, 6.45) is 2.16. The largest absolute Gasteiger partial charge is 0.455 e. The molecule has 0 spiro atoms. The number of sulfonamides is 1. The highest BCUT2D eigenvalue weighted by molar-refractivity contribution is 7.89. The second kappa shape index (κ2) is 9.18. The molecule has 1 aliphatic rings. The number of hydrogen-bond donors (Lipinski definition) is 2. The van der Waals surface area contributed by atoms with Crippen molar-refractivity contribution in [3.8, 4) is 11.5 Å². The fourth-order valence-electron chi connectivity index (χ4n) is 3.48. The zero-order valence-corrected chi connectivity index (χ0v) is 18.2. The average molecular weight is 450 g/mol. The number of ether oxygens (including phenoxy) is 1. The fourth-order valence-corrected chi connectivity index (χ4v) is 5.18. The molecule has 1 fully saturated rings. The molecule has 3 aromatic rings. The van der Waals surface area contributed by atoms with Crippen LogP contribution in [-0.4, -0.2) is 43.9 Å². The van der Waals surface area contributed by atoms with Gasteiger partial charge in [-0.3, -0.25) is 4.79 Å². The third-order valence-corrected chi connectivity index (χ3v) is 6.96. The first kappa shape index (κ1) is 22.3. The van der Waals surface area contributed by atoms with Crippen molar-refractivity contribution in [3.05, 3.63) is 64.6 Å². The molecule has 0 bridgehead atoms. The quantitative estimate of drug-likeness (QED) is 0.638. The lowest BCUT2D eigenvalue weighted by Crippen LogP contribution is -2.34. The Morgan fingerprint density at radius 1 is 1.03 bits per heavy atom. The number of H-pyrrole nitrogens is 1. The summed E-state index contributed by atoms with van der Waals surface area (Å²) in [7, 11) is -3.79. The molecule has 2 N–H and O–H groups in total. The van der Waals surface area contributed by atoms with E-state index in [4.69, 9.17) is 4.74 Å². The van der Waals surface area contributed by atoms with Crippen molar-refractivity contribution in [2.45, 2.75) is 18.2 Å². The molecule has 0 radical (unpaired) electrons. The van der Waals surface area contributed by atoms with Gasteiger partial charge in [0.15, 0.2) is 5.75 Å². The van der Waals surface area contributed by atoms with E-state index >= 15 is 0 Å². The van der Waals surface area contributed by atoms with Crippen molar-refractivity contribution in [1.82, 2.24) is 14.6 Å². The molecule has 2 aromatic carbocycles. The van der Waals surface area contributed by atoms with Crippen molar-refractivity contribution in [1.29, 1.82) is 0 Å². The van der Waals surface area contributed by atoms with Gasteiger partial charge in [-0.15, -0.1) is 12.4 Å². The highest BCUT2D eigenvalue weighted by atomic mass is 35.5. The number of aryl methyl sites for hydroxylation is 1. The standard InChI is InChI=1S/C21H23N3O4S.ClH/c1-15-6-8-16(9-7-15)28-18-14-23-21(25)17-4-2-5-19(20(17)18)29(26,27)24-12-3-10-22-11-13-24;/h2,4-9,14,22H,3,10-13H2,1H3,(H,23,25);1H. The number of nitrogens with zero attached hydrogens (tertiary/aromatic N) is 1. The van der Waals surface area contributed by atoms with Gasteiger partial charge >= 0.3 is 0 Å². The van der Waals surface area contributed by atoms with Crippen LogP contribution in [0.3, 0.4) is 0 Å². The lowest BCUT2D eigenvalue weighted by Gasteiger charge is -2.21. The Hall–Kier alpha value is -2.39. The van der Waals surface area contributed by atoms with Gasteiger partial charge in [-0.25, -0.2) is 8.42 Å². The number of aromatic amines is 1. The van der Waals surface area contributed by atoms with Crippen LogP contribution in [0.2, 0.25) is 0 Å². The molecule has 0 amide bonds. The topological polar surface area (TPSA) is 91.5 Å². The van der Waals surface area contributed by atoms with Crippen molar-refractivity contribution in [2.75, 3.05) is 26.2 Å². The fraction of sp³-hybridized carbons (Fsp3) is 0.286. The van der Waals surface area contributed by atoms with Gasteiger partial charge in [-0.05, 0) is 44.2 Å². The molecular formula is C21H24ClN3O4S. The smallest absolute Gasteiger partial charge is 0.256 e. The average Bonchev–Trinajstić information content (AvgIpc) is 3.01. The predicted octanol–water partition coefficient (Wildman–Crippen LogP) is 3.03. The summed E-state index contributed by atoms with van der Waals surface area (Å²) in [5, 5.41) is 3.79. The lowest BCUT2D eigenvalue weighted by atomic mass is 10.1. The van der Waals surface area contributed by atoms with Crippen LogP contribution in [0.4, 0.5) is 0 Å². The molecule has 160 valence electrons. The van der Waals surface area contributed by atoms with E-state index in [1.54, 1.807) is 12.1 Å². The number of rotatable bonds is 4. The van der Waals surface area contributed by atoms with Crippen molar-refractivity contribution in [2.24, 2.45) is 0 Å². The van der Waals surface area contributed by atoms with E-state index in [2.05, 4.69) is 10.3 Å². The predicted molar refractivity (Wildman–Crippen MR) is 119 cm³/mol. The molecule has 30 heavy (non-hydrogen) atoms. The van der Waals surface area contributed by atoms with E-state index in [1.807, 2.05) is 31.2 Å². The van der Waals surface area contributed by atoms with Gasteiger partial charge in [0.1, 0.15) is 5.75 Å². The lowest BCUT2D eigenvalue weighted by molar-refractivity contribution is 0.432. The van der Waals surface area contributed by atoms with Crippen molar-refractivity contribution >= 4 is 33.2 Å². The number of halogens is 1. The van der Waals surface area contributed by atoms with E-state index in [0.29, 0.717) is 36.5 Å². The van der Waals surface area contributed by atoms with E-state index in [0.717, 1.165) is 18.5 Å². The van der Waals surface area contributed by atoms with Crippen LogP contribution >= 0.6 is 12.4 Å². The second-order valence-corrected chi connectivity index (χ2v) is 8.99. The maximum absolute atomic E-state index is 13.4. The van der Waals surface area contributed by atoms with E-state index in [9.17, 15) is 13.2 Å². The number of aromatic nitrogens is 1. The second-order valence-electron chi connectivity index (χ2n) is 7.08. The Labute approximate surface area is 181 Å². The summed E-state index contributed by atoms with van der Waals surface area (Å²) in [6, 6.07) is 12.2. The molecule has 0 saturated carbocycles. The number of nitrogens with one attached hydrogen (secondary N) is 2. The third kappa shape index (κ3) is 4.37. The Balaban J connectivity index is 0.00000256. The van der Waals surface area contributed by atoms with Gasteiger partial charge in [0.25, 0.3) is 5.56 Å². The molecule has 0 unspecified atom stereocenters. The molecular weight excluding hydrogens is 426 g/mol. The third-order valence-electron chi connectivity index (χ3n) is 5.02. The Bertz CT molecular complexity index is 1190. The Morgan fingerprint density at radius 3 is 2.57 bits per heavy atom. The maximum Gasteiger partial charge on any atom is 0.256 e. The molecule has 1 aromatic heterocycles. The van der Waals surface area contributed by atoms with Gasteiger partial charge in [0.05, 0.1) is 15.7 Å². The molecule has 0 atom stereocenters. The molecule has 7 nitrogen and oxygen atoms in total. The zero-order valence-electron chi connectivity index (χ0n) is 16.6. The maximum atomic E-state index is 13.4. The van der Waals surface area contributed by atoms with Crippen LogP contribution in [0, 0.1) is 6.92 Å². The summed E-state index contributed by atoms with van der Waals surface area (Å²) in [5.74, 6) is 0.866. The van der Waals surface area contributed by atoms with Crippen LogP contribution in [0.25, 0.3) is 10.8 Å². The SMILES string of the molecule is Cc1ccc(Oc2c[nH]c(=O)c3cccc(S(=O)(=O)N4CCCNCC4)c23)cc1.Cl. The van der Waals surface area contributed by atoms with E-state index in [1.165, 1.54) is 16.6 Å². The van der Waals surface area contributed by atoms with Crippen LogP contribution < -0.4 is 15.6 Å². The van der Waals surface area contributed by atoms with Gasteiger partial charge in [-0.1, -0.05) is 23.8 Å². The summed E-state index contributed by atoms with van der Waals surface area (Å²) in [5.41, 5.74) is 0.729. The number of fused-ring (bicyclic) bond motifs is 1. The number of hydrogen-bond acceptors (Lipinski definition) is 5. The minimum Gasteiger partial charge on any atom is -0.455 e. The summed E-state index contributed by atoms with van der Waals surface area (Å²) in [6.45, 7) is 4.17. The summed E-state index contributed by atoms with van der Waals surface area (Å²) in [4.78, 5) is 15.1. The first-order valence-corrected chi connectivity index (χ1v) is 11.0. The molecule has 1 saturated heterocycles. The van der Waals surface area contributed by atoms with Gasteiger partial charge in [0.2, 0.25) is 10.0 Å². The molecule has 2 heterocycles. The summed E-state index contributed by atoms with van der Waals surface area (Å²) >= 11 is 0. The first-order chi connectivity index (χ1) is 14.0. The van der Waals surface area contributed by atoms with Crippen LogP contribution in [0.1, 0.15) is 12.0 Å². The monoisotopic (exact) mass is 449 g/mol. The van der Waals surface area contributed by atoms with E-state index in [-0.39, 0.29) is 28.2 Å². The molecule has 4 rings (SSSR count). The normalized spacial score (nSPS) is 15.4. The van der Waals surface area contributed by atoms with Crippen LogP contribution in [0.5, 0.6) is 11.5 Å². The van der Waals surface area contributed by atoms with E-state index < -0.39 is 10.0 Å². The number of pyridine rings is 1. The van der Waals surface area contributed by atoms with Crippen LogP contribution in [0.15, 0.2) is 58.4 Å². The Morgan fingerprint density at radius 2 is 1.80 bits per heavy atom. The highest BCUT2D eigenvalue weighted by Gasteiger charge is 2.28. The van der Waals surface area contributed by atoms with Gasteiger partial charge < -0.3 is 15.0 Å². The van der Waals surface area contributed by atoms with Crippen LogP contribution in [-0.2, 0) is 10.0 Å². The number of benzene rings is 2. The first-order valence-electron chi connectivity index (χ1n) is 9.56. The molecule has 9 heteroatoms.